The third-order valence-corrected chi connectivity index (χ3v) is 3.13. The molecule has 1 rings (SSSR count). The first kappa shape index (κ1) is 14.2. The zero-order valence-corrected chi connectivity index (χ0v) is 11.7. The molecule has 1 unspecified atom stereocenters. The van der Waals surface area contributed by atoms with Crippen molar-refractivity contribution in [2.24, 2.45) is 0 Å². The average molecular weight is 235 g/mol. The van der Waals surface area contributed by atoms with Crippen molar-refractivity contribution in [2.45, 2.75) is 52.7 Å². The molecule has 1 aromatic rings. The molecule has 2 N–H and O–H groups in total. The van der Waals surface area contributed by atoms with Crippen LogP contribution < -0.4 is 5.32 Å². The van der Waals surface area contributed by atoms with Crippen molar-refractivity contribution in [3.05, 3.63) is 34.9 Å². The van der Waals surface area contributed by atoms with E-state index in [9.17, 15) is 5.11 Å². The normalized spacial score (nSPS) is 15.0. The molecule has 0 saturated heterocycles. The molecule has 17 heavy (non-hydrogen) atoms. The van der Waals surface area contributed by atoms with E-state index >= 15 is 0 Å². The lowest BCUT2D eigenvalue weighted by molar-refractivity contribution is 0.0469. The fourth-order valence-corrected chi connectivity index (χ4v) is 2.16. The summed E-state index contributed by atoms with van der Waals surface area (Å²) >= 11 is 0. The second-order valence-corrected chi connectivity index (χ2v) is 5.45. The molecule has 0 aliphatic heterocycles. The van der Waals surface area contributed by atoms with Crippen LogP contribution >= 0.6 is 0 Å². The van der Waals surface area contributed by atoms with Gasteiger partial charge in [0.2, 0.25) is 0 Å². The van der Waals surface area contributed by atoms with Crippen molar-refractivity contribution in [1.82, 2.24) is 5.32 Å². The Bertz CT molecular complexity index is 369. The summed E-state index contributed by atoms with van der Waals surface area (Å²) in [5.41, 5.74) is 2.69. The van der Waals surface area contributed by atoms with E-state index in [0.29, 0.717) is 6.04 Å². The molecule has 0 bridgehead atoms. The number of benzene rings is 1. The topological polar surface area (TPSA) is 32.3 Å². The highest BCUT2D eigenvalue weighted by Crippen LogP contribution is 2.27. The first-order valence-corrected chi connectivity index (χ1v) is 6.36. The second-order valence-electron chi connectivity index (χ2n) is 5.45. The summed E-state index contributed by atoms with van der Waals surface area (Å²) in [6.07, 6.45) is 0.731. The predicted molar refractivity (Wildman–Crippen MR) is 73.2 cm³/mol. The summed E-state index contributed by atoms with van der Waals surface area (Å²) in [4.78, 5) is 0. The number of nitrogens with one attached hydrogen (secondary N) is 1. The van der Waals surface area contributed by atoms with Gasteiger partial charge < -0.3 is 10.4 Å². The van der Waals surface area contributed by atoms with Crippen molar-refractivity contribution in [3.8, 4) is 0 Å². The van der Waals surface area contributed by atoms with Crippen LogP contribution in [0.1, 0.15) is 43.9 Å². The maximum Gasteiger partial charge on any atom is 0.0883 e. The minimum atomic E-state index is -0.750. The van der Waals surface area contributed by atoms with E-state index in [1.165, 1.54) is 11.1 Å². The van der Waals surface area contributed by atoms with E-state index in [-0.39, 0.29) is 0 Å². The molecule has 0 amide bonds. The molecule has 96 valence electrons. The molecule has 0 radical (unpaired) electrons. The summed E-state index contributed by atoms with van der Waals surface area (Å²) in [5.74, 6) is 0. The number of hydrogen-bond donors (Lipinski definition) is 2. The number of hydrogen-bond acceptors (Lipinski definition) is 2. The molecule has 0 aliphatic rings. The van der Waals surface area contributed by atoms with E-state index in [1.807, 2.05) is 13.0 Å². The first-order chi connectivity index (χ1) is 7.83. The van der Waals surface area contributed by atoms with Crippen LogP contribution in [0.5, 0.6) is 0 Å². The molecule has 0 fully saturated rings. The maximum absolute atomic E-state index is 10.5. The highest BCUT2D eigenvalue weighted by Gasteiger charge is 2.24. The van der Waals surface area contributed by atoms with Gasteiger partial charge in [-0.2, -0.15) is 0 Å². The Labute approximate surface area is 105 Å². The fraction of sp³-hybridized carbons (Fsp3) is 0.600. The lowest BCUT2D eigenvalue weighted by Crippen LogP contribution is -2.31. The molecule has 1 atom stereocenters. The van der Waals surface area contributed by atoms with Crippen molar-refractivity contribution in [1.29, 1.82) is 0 Å². The van der Waals surface area contributed by atoms with Crippen LogP contribution in [0.25, 0.3) is 0 Å². The quantitative estimate of drug-likeness (QED) is 0.822. The van der Waals surface area contributed by atoms with Gasteiger partial charge in [-0.25, -0.2) is 0 Å². The minimum Gasteiger partial charge on any atom is -0.385 e. The molecular weight excluding hydrogens is 210 g/mol. The van der Waals surface area contributed by atoms with Crippen LogP contribution in [0.3, 0.4) is 0 Å². The number of aliphatic hydroxyl groups is 1. The van der Waals surface area contributed by atoms with Crippen LogP contribution in [-0.4, -0.2) is 17.7 Å². The molecule has 2 nitrogen and oxygen atoms in total. The first-order valence-electron chi connectivity index (χ1n) is 6.36. The summed E-state index contributed by atoms with van der Waals surface area (Å²) in [6.45, 7) is 11.1. The van der Waals surface area contributed by atoms with Gasteiger partial charge in [0.15, 0.2) is 0 Å². The van der Waals surface area contributed by atoms with Crippen LogP contribution in [0.2, 0.25) is 0 Å². The highest BCUT2D eigenvalue weighted by atomic mass is 16.3. The SMILES string of the molecule is Cc1ccc(C(C)(O)CCNC(C)C)c(C)c1. The minimum absolute atomic E-state index is 0.463. The zero-order valence-electron chi connectivity index (χ0n) is 11.7. The Kier molecular flexibility index (Phi) is 4.72. The van der Waals surface area contributed by atoms with Crippen LogP contribution in [0.15, 0.2) is 18.2 Å². The van der Waals surface area contributed by atoms with Gasteiger partial charge in [-0.15, -0.1) is 0 Å². The van der Waals surface area contributed by atoms with Gasteiger partial charge in [-0.1, -0.05) is 37.6 Å². The van der Waals surface area contributed by atoms with Gasteiger partial charge in [-0.05, 0) is 44.9 Å². The largest absolute Gasteiger partial charge is 0.385 e. The van der Waals surface area contributed by atoms with Crippen molar-refractivity contribution in [3.63, 3.8) is 0 Å². The van der Waals surface area contributed by atoms with E-state index in [0.717, 1.165) is 18.5 Å². The lowest BCUT2D eigenvalue weighted by Gasteiger charge is -2.26. The van der Waals surface area contributed by atoms with Crippen molar-refractivity contribution in [2.75, 3.05) is 6.54 Å². The van der Waals surface area contributed by atoms with Gasteiger partial charge in [0.1, 0.15) is 0 Å². The Morgan fingerprint density at radius 2 is 1.94 bits per heavy atom. The summed E-state index contributed by atoms with van der Waals surface area (Å²) in [5, 5.41) is 13.9. The van der Waals surface area contributed by atoms with Crippen LogP contribution in [0.4, 0.5) is 0 Å². The molecule has 0 spiro atoms. The van der Waals surface area contributed by atoms with Crippen LogP contribution in [0, 0.1) is 13.8 Å². The van der Waals surface area contributed by atoms with E-state index in [1.54, 1.807) is 0 Å². The summed E-state index contributed by atoms with van der Waals surface area (Å²) in [7, 11) is 0. The van der Waals surface area contributed by atoms with Gasteiger partial charge >= 0.3 is 0 Å². The monoisotopic (exact) mass is 235 g/mol. The van der Waals surface area contributed by atoms with Gasteiger partial charge in [-0.3, -0.25) is 0 Å². The molecule has 0 aromatic heterocycles. The molecule has 0 aliphatic carbocycles. The molecule has 2 heteroatoms. The second kappa shape index (κ2) is 5.65. The molecule has 1 aromatic carbocycles. The Morgan fingerprint density at radius 1 is 1.29 bits per heavy atom. The fourth-order valence-electron chi connectivity index (χ4n) is 2.16. The molecular formula is C15H25NO. The zero-order chi connectivity index (χ0) is 13.1. The van der Waals surface area contributed by atoms with E-state index < -0.39 is 5.60 Å². The van der Waals surface area contributed by atoms with Gasteiger partial charge in [0.25, 0.3) is 0 Å². The van der Waals surface area contributed by atoms with Crippen LogP contribution in [-0.2, 0) is 5.60 Å². The Hall–Kier alpha value is -0.860. The van der Waals surface area contributed by atoms with E-state index in [4.69, 9.17) is 0 Å². The van der Waals surface area contributed by atoms with Crippen molar-refractivity contribution >= 4 is 0 Å². The lowest BCUT2D eigenvalue weighted by atomic mass is 9.88. The Balaban J connectivity index is 2.74. The van der Waals surface area contributed by atoms with E-state index in [2.05, 4.69) is 45.1 Å². The maximum atomic E-state index is 10.5. The van der Waals surface area contributed by atoms with Gasteiger partial charge in [0.05, 0.1) is 5.60 Å². The highest BCUT2D eigenvalue weighted by molar-refractivity contribution is 5.34. The Morgan fingerprint density at radius 3 is 2.47 bits per heavy atom. The predicted octanol–water partition coefficient (Wildman–Crippen LogP) is 2.90. The number of rotatable bonds is 5. The standard InChI is InChI=1S/C15H25NO/c1-11(2)16-9-8-15(5,17)14-7-6-12(3)10-13(14)4/h6-7,10-11,16-17H,8-9H2,1-5H3. The number of aryl methyl sites for hydroxylation is 2. The average Bonchev–Trinajstić information content (AvgIpc) is 2.15. The third kappa shape index (κ3) is 4.14. The molecule has 0 saturated carbocycles. The third-order valence-electron chi connectivity index (χ3n) is 3.13. The smallest absolute Gasteiger partial charge is 0.0883 e. The summed E-state index contributed by atoms with van der Waals surface area (Å²) in [6, 6.07) is 6.69. The molecule has 0 heterocycles. The van der Waals surface area contributed by atoms with Gasteiger partial charge in [0, 0.05) is 6.04 Å². The summed E-state index contributed by atoms with van der Waals surface area (Å²) < 4.78 is 0. The van der Waals surface area contributed by atoms with Crippen molar-refractivity contribution < 1.29 is 5.11 Å².